The van der Waals surface area contributed by atoms with Gasteiger partial charge in [-0.1, -0.05) is 11.6 Å². The summed E-state index contributed by atoms with van der Waals surface area (Å²) < 4.78 is 1.99. The van der Waals surface area contributed by atoms with Crippen LogP contribution in [-0.2, 0) is 0 Å². The monoisotopic (exact) mass is 272 g/mol. The lowest BCUT2D eigenvalue weighted by molar-refractivity contribution is 0.0997. The molecule has 96 valence electrons. The number of carbonyl (C=O) groups is 1. The van der Waals surface area contributed by atoms with Crippen molar-refractivity contribution in [2.45, 2.75) is 20.3 Å². The molecule has 0 saturated carbocycles. The van der Waals surface area contributed by atoms with E-state index in [2.05, 4.69) is 0 Å². The summed E-state index contributed by atoms with van der Waals surface area (Å²) >= 11 is 5.88. The SMILES string of the molecule is Cc1cc(C(=O)CC#N)c(C)n1-c1ccc(Cl)cc1. The van der Waals surface area contributed by atoms with Crippen LogP contribution < -0.4 is 0 Å². The fraction of sp³-hybridized carbons (Fsp3) is 0.200. The molecule has 0 saturated heterocycles. The minimum absolute atomic E-state index is 0.0924. The summed E-state index contributed by atoms with van der Waals surface area (Å²) in [5.41, 5.74) is 3.37. The predicted octanol–water partition coefficient (Wildman–Crippen LogP) is 3.84. The first-order valence-corrected chi connectivity index (χ1v) is 6.27. The van der Waals surface area contributed by atoms with Gasteiger partial charge in [0, 0.05) is 27.7 Å². The number of aromatic nitrogens is 1. The second kappa shape index (κ2) is 5.29. The van der Waals surface area contributed by atoms with Crippen molar-refractivity contribution in [2.24, 2.45) is 0 Å². The molecule has 2 aromatic rings. The average Bonchev–Trinajstić information content (AvgIpc) is 2.67. The van der Waals surface area contributed by atoms with Crippen LogP contribution in [0.1, 0.15) is 28.2 Å². The van der Waals surface area contributed by atoms with Gasteiger partial charge in [-0.15, -0.1) is 0 Å². The zero-order valence-corrected chi connectivity index (χ0v) is 11.5. The quantitative estimate of drug-likeness (QED) is 0.797. The van der Waals surface area contributed by atoms with Gasteiger partial charge in [-0.2, -0.15) is 5.26 Å². The van der Waals surface area contributed by atoms with Crippen molar-refractivity contribution < 1.29 is 4.79 Å². The number of carbonyl (C=O) groups excluding carboxylic acids is 1. The largest absolute Gasteiger partial charge is 0.318 e. The first-order chi connectivity index (χ1) is 9.04. The highest BCUT2D eigenvalue weighted by Gasteiger charge is 2.16. The van der Waals surface area contributed by atoms with Crippen LogP contribution >= 0.6 is 11.6 Å². The fourth-order valence-corrected chi connectivity index (χ4v) is 2.33. The number of aryl methyl sites for hydroxylation is 1. The Morgan fingerprint density at radius 2 is 1.95 bits per heavy atom. The molecule has 4 heteroatoms. The van der Waals surface area contributed by atoms with Crippen molar-refractivity contribution in [2.75, 3.05) is 0 Å². The summed E-state index contributed by atoms with van der Waals surface area (Å²) in [6.07, 6.45) is -0.0924. The fourth-order valence-electron chi connectivity index (χ4n) is 2.20. The summed E-state index contributed by atoms with van der Waals surface area (Å²) in [5.74, 6) is -0.143. The summed E-state index contributed by atoms with van der Waals surface area (Å²) in [6, 6.07) is 11.1. The van der Waals surface area contributed by atoms with Crippen molar-refractivity contribution in [3.63, 3.8) is 0 Å². The molecule has 0 atom stereocenters. The summed E-state index contributed by atoms with van der Waals surface area (Å²) in [5, 5.41) is 9.29. The molecule has 0 N–H and O–H groups in total. The molecule has 2 rings (SSSR count). The smallest absolute Gasteiger partial charge is 0.178 e. The Morgan fingerprint density at radius 1 is 1.32 bits per heavy atom. The van der Waals surface area contributed by atoms with Gasteiger partial charge in [0.25, 0.3) is 0 Å². The number of halogens is 1. The van der Waals surface area contributed by atoms with Gasteiger partial charge in [0.15, 0.2) is 5.78 Å². The molecule has 1 aromatic carbocycles. The normalized spacial score (nSPS) is 10.2. The minimum Gasteiger partial charge on any atom is -0.318 e. The number of rotatable bonds is 3. The lowest BCUT2D eigenvalue weighted by Crippen LogP contribution is -2.02. The average molecular weight is 273 g/mol. The molecule has 0 aliphatic carbocycles. The van der Waals surface area contributed by atoms with E-state index in [1.165, 1.54) is 0 Å². The van der Waals surface area contributed by atoms with E-state index < -0.39 is 0 Å². The van der Waals surface area contributed by atoms with Gasteiger partial charge in [0.1, 0.15) is 0 Å². The Hall–Kier alpha value is -2.05. The summed E-state index contributed by atoms with van der Waals surface area (Å²) in [4.78, 5) is 11.9. The Labute approximate surface area is 117 Å². The molecule has 0 bridgehead atoms. The van der Waals surface area contributed by atoms with Crippen LogP contribution in [0.15, 0.2) is 30.3 Å². The van der Waals surface area contributed by atoms with Crippen molar-refractivity contribution >= 4 is 17.4 Å². The van der Waals surface area contributed by atoms with Crippen LogP contribution in [0, 0.1) is 25.2 Å². The maximum atomic E-state index is 11.9. The molecule has 0 aliphatic heterocycles. The maximum Gasteiger partial charge on any atom is 0.178 e. The van der Waals surface area contributed by atoms with Gasteiger partial charge in [0.05, 0.1) is 12.5 Å². The molecule has 0 fully saturated rings. The van der Waals surface area contributed by atoms with Gasteiger partial charge in [0.2, 0.25) is 0 Å². The van der Waals surface area contributed by atoms with Crippen LogP contribution in [0.2, 0.25) is 5.02 Å². The number of ketones is 1. The van der Waals surface area contributed by atoms with Gasteiger partial charge in [-0.05, 0) is 44.2 Å². The molecular weight excluding hydrogens is 260 g/mol. The Morgan fingerprint density at radius 3 is 2.53 bits per heavy atom. The highest BCUT2D eigenvalue weighted by molar-refractivity contribution is 6.30. The third-order valence-corrected chi connectivity index (χ3v) is 3.31. The number of nitriles is 1. The third-order valence-electron chi connectivity index (χ3n) is 3.06. The van der Waals surface area contributed by atoms with Crippen LogP contribution in [-0.4, -0.2) is 10.4 Å². The number of benzene rings is 1. The van der Waals surface area contributed by atoms with Crippen LogP contribution in [0.25, 0.3) is 5.69 Å². The maximum absolute atomic E-state index is 11.9. The molecule has 3 nitrogen and oxygen atoms in total. The Bertz CT molecular complexity index is 663. The second-order valence-electron chi connectivity index (χ2n) is 4.35. The van der Waals surface area contributed by atoms with Crippen LogP contribution in [0.5, 0.6) is 0 Å². The Balaban J connectivity index is 2.51. The van der Waals surface area contributed by atoms with E-state index in [4.69, 9.17) is 16.9 Å². The van der Waals surface area contributed by atoms with E-state index in [0.717, 1.165) is 17.1 Å². The van der Waals surface area contributed by atoms with Crippen molar-refractivity contribution in [3.8, 4) is 11.8 Å². The van der Waals surface area contributed by atoms with Gasteiger partial charge >= 0.3 is 0 Å². The highest BCUT2D eigenvalue weighted by atomic mass is 35.5. The molecule has 1 heterocycles. The van der Waals surface area contributed by atoms with Gasteiger partial charge in [-0.3, -0.25) is 4.79 Å². The number of hydrogen-bond donors (Lipinski definition) is 0. The number of Topliss-reactive ketones (excluding diaryl/α,β-unsaturated/α-hetero) is 1. The molecule has 0 amide bonds. The van der Waals surface area contributed by atoms with E-state index in [-0.39, 0.29) is 12.2 Å². The molecule has 19 heavy (non-hydrogen) atoms. The molecule has 0 spiro atoms. The van der Waals surface area contributed by atoms with Gasteiger partial charge in [-0.25, -0.2) is 0 Å². The lowest BCUT2D eigenvalue weighted by atomic mass is 10.1. The van der Waals surface area contributed by atoms with Crippen molar-refractivity contribution in [1.29, 1.82) is 5.26 Å². The molecule has 0 radical (unpaired) electrons. The highest BCUT2D eigenvalue weighted by Crippen LogP contribution is 2.23. The van der Waals surface area contributed by atoms with Crippen LogP contribution in [0.4, 0.5) is 0 Å². The number of hydrogen-bond acceptors (Lipinski definition) is 2. The molecule has 1 aromatic heterocycles. The lowest BCUT2D eigenvalue weighted by Gasteiger charge is -2.09. The molecule has 0 unspecified atom stereocenters. The van der Waals surface area contributed by atoms with Gasteiger partial charge < -0.3 is 4.57 Å². The molecular formula is C15H13ClN2O. The van der Waals surface area contributed by atoms with E-state index in [1.807, 2.05) is 54.8 Å². The molecule has 0 aliphatic rings. The van der Waals surface area contributed by atoms with Crippen molar-refractivity contribution in [3.05, 3.63) is 52.3 Å². The number of nitrogens with zero attached hydrogens (tertiary/aromatic N) is 2. The zero-order valence-electron chi connectivity index (χ0n) is 10.8. The third kappa shape index (κ3) is 2.54. The standard InChI is InChI=1S/C15H13ClN2O/c1-10-9-14(15(19)7-8-17)11(2)18(10)13-5-3-12(16)4-6-13/h3-6,9H,7H2,1-2H3. The summed E-state index contributed by atoms with van der Waals surface area (Å²) in [6.45, 7) is 3.82. The summed E-state index contributed by atoms with van der Waals surface area (Å²) in [7, 11) is 0. The van der Waals surface area contributed by atoms with E-state index >= 15 is 0 Å². The topological polar surface area (TPSA) is 45.8 Å². The second-order valence-corrected chi connectivity index (χ2v) is 4.79. The predicted molar refractivity (Wildman–Crippen MR) is 74.8 cm³/mol. The Kier molecular flexibility index (Phi) is 3.73. The first-order valence-electron chi connectivity index (χ1n) is 5.89. The minimum atomic E-state index is -0.143. The van der Waals surface area contributed by atoms with Crippen molar-refractivity contribution in [1.82, 2.24) is 4.57 Å². The first kappa shape index (κ1) is 13.4. The van der Waals surface area contributed by atoms with E-state index in [9.17, 15) is 4.79 Å². The van der Waals surface area contributed by atoms with E-state index in [1.54, 1.807) is 0 Å². The zero-order chi connectivity index (χ0) is 14.0. The van der Waals surface area contributed by atoms with E-state index in [0.29, 0.717) is 10.6 Å². The van der Waals surface area contributed by atoms with Crippen LogP contribution in [0.3, 0.4) is 0 Å².